The third-order valence-electron chi connectivity index (χ3n) is 2.44. The lowest BCUT2D eigenvalue weighted by atomic mass is 10.0. The minimum Gasteiger partial charge on any atom is -0.207 e. The number of rotatable bonds is 2. The van der Waals surface area contributed by atoms with Crippen LogP contribution in [0.4, 0.5) is 13.2 Å². The third kappa shape index (κ3) is 2.78. The molecule has 0 aliphatic carbocycles. The van der Waals surface area contributed by atoms with Crippen LogP contribution in [0.1, 0.15) is 16.0 Å². The molecule has 5 heteroatoms. The van der Waals surface area contributed by atoms with Crippen molar-refractivity contribution in [1.82, 2.24) is 0 Å². The first-order valence-corrected chi connectivity index (χ1v) is 6.74. The molecule has 0 N–H and O–H groups in total. The molecular formula is C13H7Br2F3. The van der Waals surface area contributed by atoms with Crippen LogP contribution in [0.25, 0.3) is 0 Å². The molecule has 2 aromatic rings. The van der Waals surface area contributed by atoms with Crippen LogP contribution in [-0.2, 0) is 0 Å². The van der Waals surface area contributed by atoms with Crippen LogP contribution in [0, 0.1) is 17.5 Å². The maximum atomic E-state index is 13.6. The molecule has 0 saturated heterocycles. The molecule has 0 bridgehead atoms. The summed E-state index contributed by atoms with van der Waals surface area (Å²) in [5, 5.41) is 0. The van der Waals surface area contributed by atoms with E-state index in [4.69, 9.17) is 0 Å². The summed E-state index contributed by atoms with van der Waals surface area (Å²) in [5.41, 5.74) is 0.475. The summed E-state index contributed by atoms with van der Waals surface area (Å²) in [6, 6.07) is 8.37. The Hall–Kier alpha value is -0.810. The Morgan fingerprint density at radius 3 is 2.11 bits per heavy atom. The molecule has 0 heterocycles. The summed E-state index contributed by atoms with van der Waals surface area (Å²) in [6.07, 6.45) is 0. The molecule has 1 unspecified atom stereocenters. The van der Waals surface area contributed by atoms with Crippen molar-refractivity contribution >= 4 is 31.9 Å². The van der Waals surface area contributed by atoms with E-state index in [1.165, 1.54) is 0 Å². The van der Waals surface area contributed by atoms with E-state index in [2.05, 4.69) is 31.9 Å². The van der Waals surface area contributed by atoms with Crippen LogP contribution < -0.4 is 0 Å². The second-order valence-corrected chi connectivity index (χ2v) is 5.53. The van der Waals surface area contributed by atoms with Gasteiger partial charge in [0.2, 0.25) is 0 Å². The van der Waals surface area contributed by atoms with Crippen molar-refractivity contribution in [2.24, 2.45) is 0 Å². The Morgan fingerprint density at radius 2 is 1.56 bits per heavy atom. The number of benzene rings is 2. The fraction of sp³-hybridized carbons (Fsp3) is 0.0769. The van der Waals surface area contributed by atoms with E-state index in [0.29, 0.717) is 17.7 Å². The van der Waals surface area contributed by atoms with Gasteiger partial charge >= 0.3 is 0 Å². The Bertz CT molecular complexity index is 561. The van der Waals surface area contributed by atoms with Crippen LogP contribution in [-0.4, -0.2) is 0 Å². The van der Waals surface area contributed by atoms with Gasteiger partial charge in [0, 0.05) is 22.2 Å². The van der Waals surface area contributed by atoms with Gasteiger partial charge in [-0.15, -0.1) is 0 Å². The Kier molecular flexibility index (Phi) is 4.12. The number of hydrogen-bond donors (Lipinski definition) is 0. The predicted molar refractivity (Wildman–Crippen MR) is 71.2 cm³/mol. The quantitative estimate of drug-likeness (QED) is 0.617. The molecule has 0 aliphatic rings. The number of hydrogen-bond acceptors (Lipinski definition) is 0. The molecule has 0 aromatic heterocycles. The van der Waals surface area contributed by atoms with Crippen LogP contribution >= 0.6 is 31.9 Å². The first kappa shape index (κ1) is 13.6. The van der Waals surface area contributed by atoms with Crippen molar-refractivity contribution in [2.45, 2.75) is 4.83 Å². The lowest BCUT2D eigenvalue weighted by Gasteiger charge is -2.13. The minimum absolute atomic E-state index is 0.200. The zero-order valence-corrected chi connectivity index (χ0v) is 12.1. The van der Waals surface area contributed by atoms with Crippen LogP contribution in [0.2, 0.25) is 0 Å². The lowest BCUT2D eigenvalue weighted by molar-refractivity contribution is 0.527. The molecule has 18 heavy (non-hydrogen) atoms. The zero-order valence-electron chi connectivity index (χ0n) is 8.93. The van der Waals surface area contributed by atoms with Gasteiger partial charge in [0.15, 0.2) is 0 Å². The average Bonchev–Trinajstić information content (AvgIpc) is 2.27. The first-order chi connectivity index (χ1) is 8.49. The third-order valence-corrected chi connectivity index (χ3v) is 3.92. The maximum absolute atomic E-state index is 13.6. The van der Waals surface area contributed by atoms with E-state index in [9.17, 15) is 13.2 Å². The topological polar surface area (TPSA) is 0 Å². The molecule has 0 saturated carbocycles. The lowest BCUT2D eigenvalue weighted by Crippen LogP contribution is -2.01. The normalized spacial score (nSPS) is 12.5. The van der Waals surface area contributed by atoms with Crippen molar-refractivity contribution < 1.29 is 13.2 Å². The molecule has 1 atom stereocenters. The molecule has 0 fully saturated rings. The highest BCUT2D eigenvalue weighted by Gasteiger charge is 2.20. The second kappa shape index (κ2) is 5.45. The van der Waals surface area contributed by atoms with Gasteiger partial charge in [-0.2, -0.15) is 0 Å². The van der Waals surface area contributed by atoms with Crippen LogP contribution in [0.15, 0.2) is 40.9 Å². The van der Waals surface area contributed by atoms with E-state index in [-0.39, 0.29) is 5.56 Å². The zero-order chi connectivity index (χ0) is 13.3. The molecule has 2 aromatic carbocycles. The molecule has 0 amide bonds. The highest BCUT2D eigenvalue weighted by atomic mass is 79.9. The highest BCUT2D eigenvalue weighted by Crippen LogP contribution is 2.35. The summed E-state index contributed by atoms with van der Waals surface area (Å²) < 4.78 is 40.9. The summed E-state index contributed by atoms with van der Waals surface area (Å²) in [7, 11) is 0. The number of alkyl halides is 1. The first-order valence-electron chi connectivity index (χ1n) is 5.03. The molecule has 94 valence electrons. The van der Waals surface area contributed by atoms with Crippen molar-refractivity contribution in [2.75, 3.05) is 0 Å². The second-order valence-electron chi connectivity index (χ2n) is 3.70. The molecular weight excluding hydrogens is 373 g/mol. The van der Waals surface area contributed by atoms with E-state index in [1.807, 2.05) is 0 Å². The van der Waals surface area contributed by atoms with E-state index >= 15 is 0 Å². The molecule has 0 spiro atoms. The van der Waals surface area contributed by atoms with Crippen LogP contribution in [0.3, 0.4) is 0 Å². The fourth-order valence-electron chi connectivity index (χ4n) is 1.63. The number of halogens is 5. The maximum Gasteiger partial charge on any atom is 0.133 e. The molecule has 2 rings (SSSR count). The van der Waals surface area contributed by atoms with Gasteiger partial charge in [0.1, 0.15) is 17.5 Å². The summed E-state index contributed by atoms with van der Waals surface area (Å²) in [4.78, 5) is -0.671. The summed E-state index contributed by atoms with van der Waals surface area (Å²) >= 11 is 6.51. The monoisotopic (exact) mass is 378 g/mol. The summed E-state index contributed by atoms with van der Waals surface area (Å²) in [6.45, 7) is 0. The standard InChI is InChI=1S/C13H7Br2F3/c14-8-3-1-2-7(4-8)13(15)12-10(17)5-9(16)6-11(12)18/h1-6,13H. The van der Waals surface area contributed by atoms with Crippen LogP contribution in [0.5, 0.6) is 0 Å². The van der Waals surface area contributed by atoms with Gasteiger partial charge in [-0.25, -0.2) is 13.2 Å². The van der Waals surface area contributed by atoms with E-state index in [0.717, 1.165) is 4.47 Å². The Morgan fingerprint density at radius 1 is 0.944 bits per heavy atom. The van der Waals surface area contributed by atoms with Crippen molar-refractivity contribution in [1.29, 1.82) is 0 Å². The molecule has 0 nitrogen and oxygen atoms in total. The average molecular weight is 380 g/mol. The predicted octanol–water partition coefficient (Wildman–Crippen LogP) is 5.35. The van der Waals surface area contributed by atoms with Crippen molar-refractivity contribution in [3.05, 3.63) is 69.4 Å². The van der Waals surface area contributed by atoms with Gasteiger partial charge in [-0.3, -0.25) is 0 Å². The highest BCUT2D eigenvalue weighted by molar-refractivity contribution is 9.10. The van der Waals surface area contributed by atoms with Crippen molar-refractivity contribution in [3.8, 4) is 0 Å². The largest absolute Gasteiger partial charge is 0.207 e. The Labute approximate surface area is 119 Å². The van der Waals surface area contributed by atoms with Gasteiger partial charge < -0.3 is 0 Å². The van der Waals surface area contributed by atoms with Gasteiger partial charge in [0.25, 0.3) is 0 Å². The molecule has 0 aliphatic heterocycles. The minimum atomic E-state index is -0.928. The van der Waals surface area contributed by atoms with Gasteiger partial charge in [0.05, 0.1) is 4.83 Å². The van der Waals surface area contributed by atoms with E-state index < -0.39 is 22.3 Å². The molecule has 0 radical (unpaired) electrons. The Balaban J connectivity index is 2.49. The van der Waals surface area contributed by atoms with Gasteiger partial charge in [-0.05, 0) is 17.7 Å². The SMILES string of the molecule is Fc1cc(F)c(C(Br)c2cccc(Br)c2)c(F)c1. The van der Waals surface area contributed by atoms with Crippen molar-refractivity contribution in [3.63, 3.8) is 0 Å². The fourth-order valence-corrected chi connectivity index (χ4v) is 2.77. The van der Waals surface area contributed by atoms with E-state index in [1.54, 1.807) is 24.3 Å². The van der Waals surface area contributed by atoms with Gasteiger partial charge in [-0.1, -0.05) is 44.0 Å². The smallest absolute Gasteiger partial charge is 0.133 e. The summed E-state index contributed by atoms with van der Waals surface area (Å²) in [5.74, 6) is -2.74.